The van der Waals surface area contributed by atoms with Crippen molar-refractivity contribution in [3.8, 4) is 5.75 Å². The molecule has 8 heteroatoms. The zero-order chi connectivity index (χ0) is 25.6. The molecule has 8 nitrogen and oxygen atoms in total. The molecule has 1 fully saturated rings. The van der Waals surface area contributed by atoms with Crippen LogP contribution in [0.2, 0.25) is 0 Å². The molecule has 0 radical (unpaired) electrons. The van der Waals surface area contributed by atoms with E-state index in [1.54, 1.807) is 15.9 Å². The summed E-state index contributed by atoms with van der Waals surface area (Å²) in [5.41, 5.74) is 1.47. The largest absolute Gasteiger partial charge is 0.492 e. The van der Waals surface area contributed by atoms with Gasteiger partial charge in [-0.05, 0) is 58.4 Å². The molecular formula is C27H35N3O5. The van der Waals surface area contributed by atoms with Crippen molar-refractivity contribution in [2.75, 3.05) is 29.9 Å². The first-order valence-corrected chi connectivity index (χ1v) is 12.0. The van der Waals surface area contributed by atoms with Crippen LogP contribution in [0.5, 0.6) is 5.75 Å². The highest BCUT2D eigenvalue weighted by Crippen LogP contribution is 2.33. The first-order valence-electron chi connectivity index (χ1n) is 12.0. The zero-order valence-corrected chi connectivity index (χ0v) is 21.2. The molecule has 188 valence electrons. The maximum Gasteiger partial charge on any atom is 0.410 e. The molecule has 1 saturated heterocycles. The minimum Gasteiger partial charge on any atom is -0.492 e. The fourth-order valence-electron chi connectivity index (χ4n) is 3.93. The molecule has 1 atom stereocenters. The zero-order valence-electron chi connectivity index (χ0n) is 21.2. The average Bonchev–Trinajstić information content (AvgIpc) is 3.19. The number of benzene rings is 2. The van der Waals surface area contributed by atoms with Gasteiger partial charge in [-0.3, -0.25) is 9.59 Å². The lowest BCUT2D eigenvalue weighted by Gasteiger charge is -2.27. The Hall–Kier alpha value is -3.55. The van der Waals surface area contributed by atoms with E-state index in [1.807, 2.05) is 77.1 Å². The number of amides is 3. The van der Waals surface area contributed by atoms with E-state index >= 15 is 0 Å². The number of nitrogens with one attached hydrogen (secondary N) is 1. The van der Waals surface area contributed by atoms with Crippen molar-refractivity contribution in [1.82, 2.24) is 4.90 Å². The van der Waals surface area contributed by atoms with Gasteiger partial charge in [-0.2, -0.15) is 0 Å². The van der Waals surface area contributed by atoms with Crippen LogP contribution in [0.4, 0.5) is 16.2 Å². The van der Waals surface area contributed by atoms with Gasteiger partial charge in [0, 0.05) is 25.2 Å². The van der Waals surface area contributed by atoms with Crippen LogP contribution in [-0.2, 0) is 20.9 Å². The Bertz CT molecular complexity index is 1060. The first kappa shape index (κ1) is 26.1. The van der Waals surface area contributed by atoms with E-state index in [-0.39, 0.29) is 24.8 Å². The molecule has 3 rings (SSSR count). The van der Waals surface area contributed by atoms with Gasteiger partial charge in [-0.15, -0.1) is 0 Å². The summed E-state index contributed by atoms with van der Waals surface area (Å²) in [5, 5.41) is 2.97. The summed E-state index contributed by atoms with van der Waals surface area (Å²) in [5.74, 6) is -0.231. The fourth-order valence-corrected chi connectivity index (χ4v) is 3.93. The molecule has 35 heavy (non-hydrogen) atoms. The third-order valence-electron chi connectivity index (χ3n) is 5.62. The summed E-state index contributed by atoms with van der Waals surface area (Å²) in [6, 6.07) is 14.7. The van der Waals surface area contributed by atoms with E-state index in [4.69, 9.17) is 9.47 Å². The molecule has 3 amide bonds. The second kappa shape index (κ2) is 11.3. The smallest absolute Gasteiger partial charge is 0.410 e. The van der Waals surface area contributed by atoms with Crippen molar-refractivity contribution < 1.29 is 23.9 Å². The molecule has 0 aliphatic carbocycles. The summed E-state index contributed by atoms with van der Waals surface area (Å²) >= 11 is 0. The van der Waals surface area contributed by atoms with Crippen LogP contribution in [0, 0.1) is 5.92 Å². The molecule has 1 heterocycles. The summed E-state index contributed by atoms with van der Waals surface area (Å²) in [6.07, 6.45) is -0.292. The van der Waals surface area contributed by atoms with Crippen LogP contribution in [0.25, 0.3) is 0 Å². The number of hydrogen-bond donors (Lipinski definition) is 1. The molecule has 1 N–H and O–H groups in total. The maximum absolute atomic E-state index is 13.2. The number of para-hydroxylation sites is 3. The van der Waals surface area contributed by atoms with Gasteiger partial charge in [0.05, 0.1) is 24.8 Å². The Morgan fingerprint density at radius 3 is 2.46 bits per heavy atom. The monoisotopic (exact) mass is 481 g/mol. The number of ether oxygens (including phenoxy) is 2. The van der Waals surface area contributed by atoms with Crippen LogP contribution in [0.15, 0.2) is 48.5 Å². The Morgan fingerprint density at radius 2 is 1.77 bits per heavy atom. The lowest BCUT2D eigenvalue weighted by Crippen LogP contribution is -2.36. The average molecular weight is 482 g/mol. The van der Waals surface area contributed by atoms with Crippen molar-refractivity contribution in [3.63, 3.8) is 0 Å². The SMILES string of the molecule is CCOc1ccccc1N1CC(C(=O)Nc2ccccc2CN(CC)C(=O)OC(C)(C)C)CC1=O. The maximum atomic E-state index is 13.2. The second-order valence-corrected chi connectivity index (χ2v) is 9.45. The Balaban J connectivity index is 1.71. The molecule has 1 aliphatic rings. The van der Waals surface area contributed by atoms with E-state index in [2.05, 4.69) is 5.32 Å². The van der Waals surface area contributed by atoms with Crippen molar-refractivity contribution in [2.45, 2.75) is 53.2 Å². The van der Waals surface area contributed by atoms with Gasteiger partial charge in [0.25, 0.3) is 0 Å². The quantitative estimate of drug-likeness (QED) is 0.583. The van der Waals surface area contributed by atoms with Crippen LogP contribution in [-0.4, -0.2) is 48.1 Å². The normalized spacial score (nSPS) is 15.6. The third-order valence-corrected chi connectivity index (χ3v) is 5.62. The van der Waals surface area contributed by atoms with Gasteiger partial charge in [0.1, 0.15) is 11.4 Å². The molecule has 0 aromatic heterocycles. The highest BCUT2D eigenvalue weighted by atomic mass is 16.6. The Labute approximate surface area is 207 Å². The predicted octanol–water partition coefficient (Wildman–Crippen LogP) is 4.83. The van der Waals surface area contributed by atoms with E-state index in [9.17, 15) is 14.4 Å². The van der Waals surface area contributed by atoms with Gasteiger partial charge in [0.15, 0.2) is 0 Å². The van der Waals surface area contributed by atoms with Gasteiger partial charge in [-0.25, -0.2) is 4.79 Å². The minimum atomic E-state index is -0.597. The third kappa shape index (κ3) is 6.74. The van der Waals surface area contributed by atoms with Crippen molar-refractivity contribution in [2.24, 2.45) is 5.92 Å². The van der Waals surface area contributed by atoms with Crippen molar-refractivity contribution in [3.05, 3.63) is 54.1 Å². The van der Waals surface area contributed by atoms with Crippen LogP contribution < -0.4 is 15.0 Å². The lowest BCUT2D eigenvalue weighted by atomic mass is 10.1. The first-order chi connectivity index (χ1) is 16.6. The van der Waals surface area contributed by atoms with E-state index in [1.165, 1.54) is 0 Å². The summed E-state index contributed by atoms with van der Waals surface area (Å²) in [4.78, 5) is 41.7. The fraction of sp³-hybridized carbons (Fsp3) is 0.444. The number of hydrogen-bond acceptors (Lipinski definition) is 5. The highest BCUT2D eigenvalue weighted by Gasteiger charge is 2.36. The molecule has 0 saturated carbocycles. The molecule has 1 aliphatic heterocycles. The molecule has 1 unspecified atom stereocenters. The van der Waals surface area contributed by atoms with Gasteiger partial charge >= 0.3 is 6.09 Å². The van der Waals surface area contributed by atoms with Gasteiger partial charge in [-0.1, -0.05) is 30.3 Å². The number of nitrogens with zero attached hydrogens (tertiary/aromatic N) is 2. The number of carbonyl (C=O) groups excluding carboxylic acids is 3. The van der Waals surface area contributed by atoms with E-state index in [0.717, 1.165) is 5.56 Å². The predicted molar refractivity (Wildman–Crippen MR) is 135 cm³/mol. The number of carbonyl (C=O) groups is 3. The standard InChI is InChI=1S/C27H35N3O5/c1-6-29(26(33)35-27(3,4)5)17-19-12-8-9-13-21(19)28-25(32)20-16-24(31)30(18-20)22-14-10-11-15-23(22)34-7-2/h8-15,20H,6-7,16-18H2,1-5H3,(H,28,32). The Kier molecular flexibility index (Phi) is 8.38. The number of anilines is 2. The van der Waals surface area contributed by atoms with Gasteiger partial charge < -0.3 is 24.6 Å². The topological polar surface area (TPSA) is 88.2 Å². The van der Waals surface area contributed by atoms with Gasteiger partial charge in [0.2, 0.25) is 11.8 Å². The van der Waals surface area contributed by atoms with E-state index < -0.39 is 17.6 Å². The second-order valence-electron chi connectivity index (χ2n) is 9.45. The summed E-state index contributed by atoms with van der Waals surface area (Å²) < 4.78 is 11.2. The van der Waals surface area contributed by atoms with Crippen molar-refractivity contribution in [1.29, 1.82) is 0 Å². The van der Waals surface area contributed by atoms with Crippen LogP contribution >= 0.6 is 0 Å². The molecule has 2 aromatic carbocycles. The molecule has 0 spiro atoms. The highest BCUT2D eigenvalue weighted by molar-refractivity contribution is 6.04. The summed E-state index contributed by atoms with van der Waals surface area (Å²) in [6.45, 7) is 10.8. The van der Waals surface area contributed by atoms with Crippen LogP contribution in [0.3, 0.4) is 0 Å². The number of rotatable bonds is 8. The molecule has 0 bridgehead atoms. The Morgan fingerprint density at radius 1 is 1.09 bits per heavy atom. The molecular weight excluding hydrogens is 446 g/mol. The lowest BCUT2D eigenvalue weighted by molar-refractivity contribution is -0.122. The minimum absolute atomic E-state index is 0.118. The molecule has 2 aromatic rings. The van der Waals surface area contributed by atoms with E-state index in [0.29, 0.717) is 36.8 Å². The van der Waals surface area contributed by atoms with Crippen molar-refractivity contribution >= 4 is 29.3 Å². The van der Waals surface area contributed by atoms with Crippen LogP contribution in [0.1, 0.15) is 46.6 Å². The summed E-state index contributed by atoms with van der Waals surface area (Å²) in [7, 11) is 0.